The van der Waals surface area contributed by atoms with Crippen LogP contribution in [0.3, 0.4) is 0 Å². The Bertz CT molecular complexity index is 592. The lowest BCUT2D eigenvalue weighted by Crippen LogP contribution is -2.09. The van der Waals surface area contributed by atoms with Gasteiger partial charge in [0.05, 0.1) is 25.0 Å². The number of hydrogen-bond acceptors (Lipinski definition) is 5. The first-order valence-corrected chi connectivity index (χ1v) is 5.79. The van der Waals surface area contributed by atoms with Gasteiger partial charge < -0.3 is 9.63 Å². The Morgan fingerprint density at radius 2 is 2.21 bits per heavy atom. The van der Waals surface area contributed by atoms with Crippen LogP contribution >= 0.6 is 0 Å². The van der Waals surface area contributed by atoms with Crippen LogP contribution in [0.2, 0.25) is 0 Å². The summed E-state index contributed by atoms with van der Waals surface area (Å²) in [5.74, 6) is 0.275. The third kappa shape index (κ3) is 3.60. The predicted octanol–water partition coefficient (Wildman–Crippen LogP) is 1.62. The van der Waals surface area contributed by atoms with Crippen LogP contribution in [0.1, 0.15) is 23.7 Å². The summed E-state index contributed by atoms with van der Waals surface area (Å²) in [6.45, 7) is 0. The molecule has 0 fully saturated rings. The lowest BCUT2D eigenvalue weighted by Gasteiger charge is -2.00. The standard InChI is InChI=1S/C13H12FN3O2/c14-11-4-2-1-3-9(11)7-12-16-13(19-17-12)8-10(18)5-6-15/h1-4,10,18H,5,7-8H2. The molecule has 19 heavy (non-hydrogen) atoms. The van der Waals surface area contributed by atoms with E-state index in [2.05, 4.69) is 10.1 Å². The number of rotatable bonds is 5. The van der Waals surface area contributed by atoms with Crippen molar-refractivity contribution in [1.29, 1.82) is 5.26 Å². The highest BCUT2D eigenvalue weighted by molar-refractivity contribution is 5.20. The molecule has 2 aromatic rings. The highest BCUT2D eigenvalue weighted by Gasteiger charge is 2.13. The fourth-order valence-electron chi connectivity index (χ4n) is 1.64. The molecule has 0 spiro atoms. The van der Waals surface area contributed by atoms with Gasteiger partial charge in [-0.1, -0.05) is 23.4 Å². The van der Waals surface area contributed by atoms with Crippen molar-refractivity contribution in [3.63, 3.8) is 0 Å². The average Bonchev–Trinajstić information content (AvgIpc) is 2.80. The third-order valence-electron chi connectivity index (χ3n) is 2.55. The van der Waals surface area contributed by atoms with Crippen molar-refractivity contribution in [2.45, 2.75) is 25.4 Å². The maximum Gasteiger partial charge on any atom is 0.229 e. The second kappa shape index (κ2) is 6.07. The van der Waals surface area contributed by atoms with Gasteiger partial charge in [0, 0.05) is 6.42 Å². The van der Waals surface area contributed by atoms with Crippen LogP contribution in [0.15, 0.2) is 28.8 Å². The SMILES string of the molecule is N#CCC(O)Cc1nc(Cc2ccccc2F)no1. The summed E-state index contributed by atoms with van der Waals surface area (Å²) < 4.78 is 18.4. The topological polar surface area (TPSA) is 82.9 Å². The van der Waals surface area contributed by atoms with Crippen molar-refractivity contribution >= 4 is 0 Å². The Morgan fingerprint density at radius 1 is 1.42 bits per heavy atom. The second-order valence-electron chi connectivity index (χ2n) is 4.09. The number of nitrogens with zero attached hydrogens (tertiary/aromatic N) is 3. The summed E-state index contributed by atoms with van der Waals surface area (Å²) in [5.41, 5.74) is 0.479. The zero-order valence-corrected chi connectivity index (χ0v) is 10.1. The van der Waals surface area contributed by atoms with E-state index in [0.717, 1.165) is 0 Å². The number of aliphatic hydroxyl groups excluding tert-OH is 1. The lowest BCUT2D eigenvalue weighted by atomic mass is 10.1. The Morgan fingerprint density at radius 3 is 2.95 bits per heavy atom. The van der Waals surface area contributed by atoms with Gasteiger partial charge >= 0.3 is 0 Å². The summed E-state index contributed by atoms with van der Waals surface area (Å²) in [6.07, 6.45) is -0.473. The Labute approximate surface area is 109 Å². The molecule has 1 unspecified atom stereocenters. The maximum absolute atomic E-state index is 13.4. The van der Waals surface area contributed by atoms with Crippen molar-refractivity contribution in [1.82, 2.24) is 10.1 Å². The van der Waals surface area contributed by atoms with Gasteiger partial charge in [0.1, 0.15) is 5.82 Å². The van der Waals surface area contributed by atoms with E-state index in [1.807, 2.05) is 6.07 Å². The highest BCUT2D eigenvalue weighted by atomic mass is 19.1. The monoisotopic (exact) mass is 261 g/mol. The van der Waals surface area contributed by atoms with E-state index >= 15 is 0 Å². The molecule has 0 aliphatic heterocycles. The minimum absolute atomic E-state index is 0.00499. The minimum atomic E-state index is -0.827. The minimum Gasteiger partial charge on any atom is -0.392 e. The molecule has 2 rings (SSSR count). The van der Waals surface area contributed by atoms with Gasteiger partial charge in [-0.25, -0.2) is 4.39 Å². The molecule has 1 aromatic carbocycles. The van der Waals surface area contributed by atoms with Crippen molar-refractivity contribution in [3.05, 3.63) is 47.4 Å². The number of aromatic nitrogens is 2. The molecule has 1 heterocycles. The van der Waals surface area contributed by atoms with Crippen molar-refractivity contribution in [3.8, 4) is 6.07 Å². The molecular weight excluding hydrogens is 249 g/mol. The quantitative estimate of drug-likeness (QED) is 0.884. The normalized spacial score (nSPS) is 12.1. The largest absolute Gasteiger partial charge is 0.392 e. The molecule has 0 saturated heterocycles. The number of benzene rings is 1. The Kier molecular flexibility index (Phi) is 4.21. The molecule has 1 atom stereocenters. The maximum atomic E-state index is 13.4. The molecule has 5 nitrogen and oxygen atoms in total. The van der Waals surface area contributed by atoms with Crippen molar-refractivity contribution < 1.29 is 14.0 Å². The molecule has 6 heteroatoms. The molecule has 1 aromatic heterocycles. The van der Waals surface area contributed by atoms with Crippen LogP contribution in [0.25, 0.3) is 0 Å². The van der Waals surface area contributed by atoms with Crippen LogP contribution in [0.4, 0.5) is 4.39 Å². The van der Waals surface area contributed by atoms with Crippen molar-refractivity contribution in [2.75, 3.05) is 0 Å². The van der Waals surface area contributed by atoms with Gasteiger partial charge in [-0.15, -0.1) is 0 Å². The zero-order chi connectivity index (χ0) is 13.7. The van der Waals surface area contributed by atoms with Crippen LogP contribution < -0.4 is 0 Å². The number of halogens is 1. The van der Waals surface area contributed by atoms with Crippen LogP contribution in [0, 0.1) is 17.1 Å². The van der Waals surface area contributed by atoms with Crippen LogP contribution in [0.5, 0.6) is 0 Å². The van der Waals surface area contributed by atoms with E-state index in [1.54, 1.807) is 18.2 Å². The van der Waals surface area contributed by atoms with E-state index in [1.165, 1.54) is 6.07 Å². The molecule has 0 aliphatic rings. The van der Waals surface area contributed by atoms with E-state index in [-0.39, 0.29) is 31.0 Å². The zero-order valence-electron chi connectivity index (χ0n) is 10.1. The molecule has 0 saturated carbocycles. The second-order valence-corrected chi connectivity index (χ2v) is 4.09. The fourth-order valence-corrected chi connectivity index (χ4v) is 1.64. The van der Waals surface area contributed by atoms with Gasteiger partial charge in [0.2, 0.25) is 5.89 Å². The van der Waals surface area contributed by atoms with E-state index in [9.17, 15) is 9.50 Å². The van der Waals surface area contributed by atoms with Crippen LogP contribution in [-0.2, 0) is 12.8 Å². The van der Waals surface area contributed by atoms with Gasteiger partial charge in [-0.3, -0.25) is 0 Å². The fraction of sp³-hybridized carbons (Fsp3) is 0.308. The number of hydrogen-bond donors (Lipinski definition) is 1. The van der Waals surface area contributed by atoms with Gasteiger partial charge in [0.25, 0.3) is 0 Å². The molecule has 0 aliphatic carbocycles. The molecule has 0 amide bonds. The first-order chi connectivity index (χ1) is 9.19. The first-order valence-electron chi connectivity index (χ1n) is 5.79. The van der Waals surface area contributed by atoms with Gasteiger partial charge in [-0.2, -0.15) is 10.2 Å². The number of nitriles is 1. The van der Waals surface area contributed by atoms with Gasteiger partial charge in [0.15, 0.2) is 5.82 Å². The summed E-state index contributed by atoms with van der Waals surface area (Å²) in [6, 6.07) is 8.21. The van der Waals surface area contributed by atoms with E-state index < -0.39 is 6.10 Å². The number of aliphatic hydroxyl groups is 1. The van der Waals surface area contributed by atoms with E-state index in [4.69, 9.17) is 9.78 Å². The Hall–Kier alpha value is -2.26. The smallest absolute Gasteiger partial charge is 0.229 e. The average molecular weight is 261 g/mol. The first kappa shape index (κ1) is 13.2. The predicted molar refractivity (Wildman–Crippen MR) is 63.4 cm³/mol. The highest BCUT2D eigenvalue weighted by Crippen LogP contribution is 2.12. The van der Waals surface area contributed by atoms with Crippen molar-refractivity contribution in [2.24, 2.45) is 0 Å². The molecule has 98 valence electrons. The third-order valence-corrected chi connectivity index (χ3v) is 2.55. The van der Waals surface area contributed by atoms with Gasteiger partial charge in [-0.05, 0) is 11.6 Å². The summed E-state index contributed by atoms with van der Waals surface area (Å²) >= 11 is 0. The van der Waals surface area contributed by atoms with Crippen LogP contribution in [-0.4, -0.2) is 21.4 Å². The summed E-state index contributed by atoms with van der Waals surface area (Å²) in [5, 5.41) is 21.6. The molecular formula is C13H12FN3O2. The summed E-state index contributed by atoms with van der Waals surface area (Å²) in [7, 11) is 0. The Balaban J connectivity index is 2.02. The molecule has 0 radical (unpaired) electrons. The molecule has 0 bridgehead atoms. The summed E-state index contributed by atoms with van der Waals surface area (Å²) in [4.78, 5) is 4.06. The lowest BCUT2D eigenvalue weighted by molar-refractivity contribution is 0.167. The molecule has 1 N–H and O–H groups in total. The van der Waals surface area contributed by atoms with E-state index in [0.29, 0.717) is 11.4 Å².